The highest BCUT2D eigenvalue weighted by atomic mass is 35.5. The molecule has 0 aliphatic rings. The highest BCUT2D eigenvalue weighted by molar-refractivity contribution is 6.32. The molecule has 0 amide bonds. The van der Waals surface area contributed by atoms with E-state index in [0.717, 1.165) is 33.6 Å². The molecule has 0 spiro atoms. The van der Waals surface area contributed by atoms with Crippen LogP contribution in [-0.4, -0.2) is 29.7 Å². The molecule has 0 saturated carbocycles. The predicted molar refractivity (Wildman–Crippen MR) is 100 cm³/mol. The number of aryl methyl sites for hydroxylation is 3. The molecule has 0 radical (unpaired) electrons. The maximum atomic E-state index is 9.65. The van der Waals surface area contributed by atoms with Crippen LogP contribution in [0.4, 0.5) is 0 Å². The van der Waals surface area contributed by atoms with Crippen molar-refractivity contribution in [2.45, 2.75) is 20.8 Å². The summed E-state index contributed by atoms with van der Waals surface area (Å²) in [5.74, 6) is 0.860. The van der Waals surface area contributed by atoms with Crippen LogP contribution in [-0.2, 0) is 0 Å². The van der Waals surface area contributed by atoms with Crippen molar-refractivity contribution in [3.05, 3.63) is 58.9 Å². The lowest BCUT2D eigenvalue weighted by molar-refractivity contribution is 0.475. The monoisotopic (exact) mass is 365 g/mol. The third kappa shape index (κ3) is 2.68. The lowest BCUT2D eigenvalue weighted by atomic mass is 9.97. The molecule has 3 heterocycles. The predicted octanol–water partition coefficient (Wildman–Crippen LogP) is 4.14. The van der Waals surface area contributed by atoms with Gasteiger partial charge in [0.15, 0.2) is 11.0 Å². The van der Waals surface area contributed by atoms with Gasteiger partial charge in [-0.1, -0.05) is 17.7 Å². The van der Waals surface area contributed by atoms with Crippen LogP contribution in [0.15, 0.2) is 36.8 Å². The average molecular weight is 366 g/mol. The van der Waals surface area contributed by atoms with Crippen molar-refractivity contribution in [1.29, 1.82) is 0 Å². The summed E-state index contributed by atoms with van der Waals surface area (Å²) in [7, 11) is 0. The molecule has 0 aliphatic heterocycles. The number of benzene rings is 1. The van der Waals surface area contributed by atoms with E-state index in [1.807, 2.05) is 39.1 Å². The second-order valence-corrected chi connectivity index (χ2v) is 6.56. The first-order valence-electron chi connectivity index (χ1n) is 8.08. The van der Waals surface area contributed by atoms with Gasteiger partial charge in [-0.25, -0.2) is 19.5 Å². The highest BCUT2D eigenvalue weighted by Crippen LogP contribution is 2.32. The highest BCUT2D eigenvalue weighted by Gasteiger charge is 2.15. The maximum absolute atomic E-state index is 9.65. The van der Waals surface area contributed by atoms with E-state index in [1.165, 1.54) is 6.33 Å². The molecule has 4 aromatic rings. The zero-order valence-corrected chi connectivity index (χ0v) is 15.3. The van der Waals surface area contributed by atoms with Gasteiger partial charge in [0.25, 0.3) is 0 Å². The summed E-state index contributed by atoms with van der Waals surface area (Å²) in [6.45, 7) is 5.88. The number of aromatic nitrogens is 5. The molecule has 1 N–H and O–H groups in total. The van der Waals surface area contributed by atoms with E-state index in [-0.39, 0.29) is 5.75 Å². The molecule has 4 rings (SSSR count). The Balaban J connectivity index is 1.86. The zero-order valence-electron chi connectivity index (χ0n) is 14.5. The van der Waals surface area contributed by atoms with Crippen molar-refractivity contribution < 1.29 is 5.11 Å². The third-order valence-corrected chi connectivity index (χ3v) is 4.66. The van der Waals surface area contributed by atoms with Gasteiger partial charge in [-0.3, -0.25) is 0 Å². The van der Waals surface area contributed by atoms with Crippen LogP contribution in [0.3, 0.4) is 0 Å². The van der Waals surface area contributed by atoms with Gasteiger partial charge in [0, 0.05) is 28.7 Å². The minimum Gasteiger partial charge on any atom is -0.508 e. The quantitative estimate of drug-likeness (QED) is 0.577. The average Bonchev–Trinajstić information content (AvgIpc) is 3.02. The minimum absolute atomic E-state index is 0.248. The largest absolute Gasteiger partial charge is 0.508 e. The van der Waals surface area contributed by atoms with Crippen LogP contribution in [0.2, 0.25) is 5.15 Å². The maximum Gasteiger partial charge on any atom is 0.161 e. The van der Waals surface area contributed by atoms with Crippen LogP contribution in [0.5, 0.6) is 5.75 Å². The van der Waals surface area contributed by atoms with Crippen molar-refractivity contribution in [2.24, 2.45) is 0 Å². The molecule has 7 heteroatoms. The fourth-order valence-corrected chi connectivity index (χ4v) is 3.37. The lowest BCUT2D eigenvalue weighted by Gasteiger charge is -2.13. The minimum atomic E-state index is 0.248. The summed E-state index contributed by atoms with van der Waals surface area (Å²) in [5.41, 5.74) is 6.24. The second-order valence-electron chi connectivity index (χ2n) is 6.20. The number of phenolic OH excluding ortho intramolecular Hbond substituents is 1. The van der Waals surface area contributed by atoms with Crippen LogP contribution < -0.4 is 0 Å². The van der Waals surface area contributed by atoms with Gasteiger partial charge < -0.3 is 5.11 Å². The Morgan fingerprint density at radius 2 is 1.77 bits per heavy atom. The molecular formula is C19H16ClN5O. The van der Waals surface area contributed by atoms with Crippen LogP contribution in [0.1, 0.15) is 17.0 Å². The van der Waals surface area contributed by atoms with E-state index in [1.54, 1.807) is 16.6 Å². The van der Waals surface area contributed by atoms with E-state index < -0.39 is 0 Å². The standard InChI is InChI=1S/C19H16ClN5O/c1-10-6-14(26)4-5-15(10)17-11(2)23-19(24-12(17)3)13-7-16-18(20)21-9-22-25(16)8-13/h4-9,26H,1-3H3. The van der Waals surface area contributed by atoms with Gasteiger partial charge in [0.1, 0.15) is 17.6 Å². The Bertz CT molecular complexity index is 1130. The third-order valence-electron chi connectivity index (χ3n) is 4.37. The Hall–Kier alpha value is -2.99. The van der Waals surface area contributed by atoms with Gasteiger partial charge in [0.2, 0.25) is 0 Å². The molecule has 26 heavy (non-hydrogen) atoms. The smallest absolute Gasteiger partial charge is 0.161 e. The Morgan fingerprint density at radius 3 is 2.42 bits per heavy atom. The Labute approximate surface area is 155 Å². The Morgan fingerprint density at radius 1 is 1.04 bits per heavy atom. The molecule has 0 saturated heterocycles. The van der Waals surface area contributed by atoms with Gasteiger partial charge in [0.05, 0.1) is 0 Å². The number of nitrogens with zero attached hydrogens (tertiary/aromatic N) is 5. The summed E-state index contributed by atoms with van der Waals surface area (Å²) >= 11 is 6.12. The van der Waals surface area contributed by atoms with E-state index >= 15 is 0 Å². The second kappa shape index (κ2) is 6.07. The first kappa shape index (κ1) is 16.5. The van der Waals surface area contributed by atoms with Gasteiger partial charge in [-0.15, -0.1) is 0 Å². The molecule has 6 nitrogen and oxygen atoms in total. The first-order valence-corrected chi connectivity index (χ1v) is 8.46. The van der Waals surface area contributed by atoms with Gasteiger partial charge >= 0.3 is 0 Å². The molecule has 0 fully saturated rings. The molecule has 0 aliphatic carbocycles. The van der Waals surface area contributed by atoms with E-state index in [9.17, 15) is 5.11 Å². The summed E-state index contributed by atoms with van der Waals surface area (Å²) in [4.78, 5) is 13.4. The SMILES string of the molecule is Cc1cc(O)ccc1-c1c(C)nc(-c2cc3c(Cl)ncnn3c2)nc1C. The van der Waals surface area contributed by atoms with Crippen LogP contribution in [0, 0.1) is 20.8 Å². The van der Waals surface area contributed by atoms with Gasteiger partial charge in [-0.2, -0.15) is 5.10 Å². The number of phenols is 1. The molecular weight excluding hydrogens is 350 g/mol. The van der Waals surface area contributed by atoms with E-state index in [2.05, 4.69) is 10.1 Å². The molecule has 0 atom stereocenters. The summed E-state index contributed by atoms with van der Waals surface area (Å²) < 4.78 is 1.66. The number of fused-ring (bicyclic) bond motifs is 1. The molecule has 130 valence electrons. The summed E-state index contributed by atoms with van der Waals surface area (Å²) in [6.07, 6.45) is 3.25. The van der Waals surface area contributed by atoms with Crippen LogP contribution in [0.25, 0.3) is 28.0 Å². The van der Waals surface area contributed by atoms with Crippen molar-refractivity contribution >= 4 is 17.1 Å². The lowest BCUT2D eigenvalue weighted by Crippen LogP contribution is -2.00. The van der Waals surface area contributed by atoms with Gasteiger partial charge in [-0.05, 0) is 50.1 Å². The normalized spacial score (nSPS) is 11.2. The number of aromatic hydroxyl groups is 1. The summed E-state index contributed by atoms with van der Waals surface area (Å²) in [6, 6.07) is 7.19. The van der Waals surface area contributed by atoms with Crippen molar-refractivity contribution in [1.82, 2.24) is 24.6 Å². The van der Waals surface area contributed by atoms with Crippen LogP contribution >= 0.6 is 11.6 Å². The number of rotatable bonds is 2. The van der Waals surface area contributed by atoms with Crippen molar-refractivity contribution in [2.75, 3.05) is 0 Å². The number of halogens is 1. The molecule has 0 unspecified atom stereocenters. The summed E-state index contributed by atoms with van der Waals surface area (Å²) in [5, 5.41) is 14.2. The number of hydrogen-bond donors (Lipinski definition) is 1. The van der Waals surface area contributed by atoms with Crippen molar-refractivity contribution in [3.63, 3.8) is 0 Å². The topological polar surface area (TPSA) is 76.2 Å². The van der Waals surface area contributed by atoms with E-state index in [4.69, 9.17) is 21.6 Å². The fourth-order valence-electron chi connectivity index (χ4n) is 3.19. The number of hydrogen-bond acceptors (Lipinski definition) is 5. The molecule has 0 bridgehead atoms. The first-order chi connectivity index (χ1) is 12.4. The van der Waals surface area contributed by atoms with Crippen molar-refractivity contribution in [3.8, 4) is 28.3 Å². The fraction of sp³-hybridized carbons (Fsp3) is 0.158. The molecule has 1 aromatic carbocycles. The van der Waals surface area contributed by atoms with E-state index in [0.29, 0.717) is 16.5 Å². The molecule has 3 aromatic heterocycles. The Kier molecular flexibility index (Phi) is 3.85. The zero-order chi connectivity index (χ0) is 18.4.